The number of Topliss-reactive ketones (excluding diaryl/α,β-unsaturated/α-hetero) is 1. The number of urea groups is 1. The molecule has 6 atom stereocenters. The van der Waals surface area contributed by atoms with E-state index in [1.165, 1.54) is 31.2 Å². The summed E-state index contributed by atoms with van der Waals surface area (Å²) in [5.41, 5.74) is 8.41. The number of halogens is 2. The van der Waals surface area contributed by atoms with Gasteiger partial charge in [0.2, 0.25) is 11.8 Å². The molecule has 0 saturated carbocycles. The van der Waals surface area contributed by atoms with Gasteiger partial charge in [-0.25, -0.2) is 35.4 Å². The Balaban J connectivity index is 0.000000218. The van der Waals surface area contributed by atoms with Crippen LogP contribution in [0.15, 0.2) is 48.5 Å². The number of carbonyl (C=O) groups is 4. The van der Waals surface area contributed by atoms with Crippen molar-refractivity contribution in [1.29, 1.82) is 0 Å². The van der Waals surface area contributed by atoms with E-state index in [4.69, 9.17) is 5.73 Å². The van der Waals surface area contributed by atoms with Crippen molar-refractivity contribution in [2.75, 3.05) is 54.5 Å². The van der Waals surface area contributed by atoms with Gasteiger partial charge in [0, 0.05) is 39.1 Å². The number of aryl methyl sites for hydroxylation is 1. The molecule has 0 radical (unpaired) electrons. The predicted octanol–water partition coefficient (Wildman–Crippen LogP) is 3.79. The number of rotatable bonds is 9. The highest BCUT2D eigenvalue weighted by Crippen LogP contribution is 2.29. The summed E-state index contributed by atoms with van der Waals surface area (Å²) < 4.78 is 74.4. The van der Waals surface area contributed by atoms with Crippen LogP contribution >= 0.6 is 11.3 Å². The van der Waals surface area contributed by atoms with Gasteiger partial charge in [0.05, 0.1) is 51.5 Å². The molecule has 0 aliphatic carbocycles. The molecule has 1 aromatic heterocycles. The topological polar surface area (TPSA) is 206 Å². The Bertz CT molecular complexity index is 2270. The number of carbonyl (C=O) groups excluding carboxylic acids is 4. The third-order valence-electron chi connectivity index (χ3n) is 11.6. The minimum atomic E-state index is -3.51. The average Bonchev–Trinajstić information content (AvgIpc) is 3.81. The van der Waals surface area contributed by atoms with Crippen LogP contribution in [0.5, 0.6) is 0 Å². The van der Waals surface area contributed by atoms with Crippen molar-refractivity contribution < 1.29 is 44.8 Å². The Hall–Kier alpha value is -4.33. The maximum atomic E-state index is 13.4. The Labute approximate surface area is 353 Å². The molecule has 0 bridgehead atoms. The van der Waals surface area contributed by atoms with Crippen molar-refractivity contribution in [3.8, 4) is 0 Å². The van der Waals surface area contributed by atoms with E-state index >= 15 is 0 Å². The second-order valence-corrected chi connectivity index (χ2v) is 21.8. The van der Waals surface area contributed by atoms with Gasteiger partial charge in [-0.3, -0.25) is 19.7 Å². The number of likely N-dealkylation sites (tertiary alicyclic amines) is 2. The maximum Gasteiger partial charge on any atom is 0.321 e. The van der Waals surface area contributed by atoms with E-state index in [9.17, 15) is 44.8 Å². The maximum absolute atomic E-state index is 13.4. The van der Waals surface area contributed by atoms with E-state index in [2.05, 4.69) is 15.6 Å². The molecule has 326 valence electrons. The summed E-state index contributed by atoms with van der Waals surface area (Å²) in [6, 6.07) is 10.6. The lowest BCUT2D eigenvalue weighted by molar-refractivity contribution is -0.137. The molecule has 60 heavy (non-hydrogen) atoms. The molecule has 0 unspecified atom stereocenters. The lowest BCUT2D eigenvalue weighted by atomic mass is 9.90. The van der Waals surface area contributed by atoms with Crippen molar-refractivity contribution in [2.45, 2.75) is 64.5 Å². The van der Waals surface area contributed by atoms with Crippen molar-refractivity contribution in [3.05, 3.63) is 81.9 Å². The number of anilines is 1. The van der Waals surface area contributed by atoms with Gasteiger partial charge in [-0.15, -0.1) is 0 Å². The highest BCUT2D eigenvalue weighted by Gasteiger charge is 2.45. The number of ketones is 1. The van der Waals surface area contributed by atoms with E-state index in [0.717, 1.165) is 54.6 Å². The number of nitrogens with one attached hydrogen (secondary N) is 2. The summed E-state index contributed by atoms with van der Waals surface area (Å²) in [4.78, 5) is 58.4. The summed E-state index contributed by atoms with van der Waals surface area (Å²) in [5, 5.41) is 5.41. The third-order valence-corrected chi connectivity index (χ3v) is 16.2. The lowest BCUT2D eigenvalue weighted by Crippen LogP contribution is -2.50. The Kier molecular flexibility index (Phi) is 14.4. The number of hydrogen-bond donors (Lipinski definition) is 3. The molecule has 4 saturated heterocycles. The lowest BCUT2D eigenvalue weighted by Gasteiger charge is -2.35. The fraction of sp³-hybridized carbons (Fsp3) is 0.537. The molecule has 0 spiro atoms. The molecule has 7 rings (SSSR count). The van der Waals surface area contributed by atoms with E-state index in [0.29, 0.717) is 49.1 Å². The minimum absolute atomic E-state index is 0.101. The molecule has 2 aromatic carbocycles. The molecule has 4 amide bonds. The number of nitrogens with two attached hydrogens (primary N) is 1. The Morgan fingerprint density at radius 3 is 1.72 bits per heavy atom. The SMILES string of the molecule is CC(=O)c1sc(NC(=O)N[C@H]2CS(=O)(=O)C[C@@H]2C(=O)N2CCC[C@@H](Cc3ccc(F)cc3)C2)nc1C.N[C@@H]1CS(=O)(=O)C[C@H]1C(=O)N1CCC[C@@H](Cc2ccc(F)cc2)C1. The van der Waals surface area contributed by atoms with Gasteiger partial charge in [0.15, 0.2) is 30.6 Å². The number of thiazole rings is 1. The first-order valence-electron chi connectivity index (χ1n) is 20.1. The van der Waals surface area contributed by atoms with Crippen LogP contribution in [0.2, 0.25) is 0 Å². The first-order valence-corrected chi connectivity index (χ1v) is 24.6. The third kappa shape index (κ3) is 11.9. The van der Waals surface area contributed by atoms with Crippen LogP contribution in [0.3, 0.4) is 0 Å². The molecular formula is C41H52F2N6O8S3. The average molecular weight is 891 g/mol. The van der Waals surface area contributed by atoms with E-state index in [-0.39, 0.29) is 63.3 Å². The summed E-state index contributed by atoms with van der Waals surface area (Å²) in [5.74, 6) is -3.00. The number of piperidine rings is 2. The largest absolute Gasteiger partial charge is 0.342 e. The zero-order chi connectivity index (χ0) is 43.4. The molecular weight excluding hydrogens is 839 g/mol. The zero-order valence-corrected chi connectivity index (χ0v) is 36.1. The Morgan fingerprint density at radius 1 is 0.767 bits per heavy atom. The summed E-state index contributed by atoms with van der Waals surface area (Å²) >= 11 is 1.04. The number of aromatic nitrogens is 1. The van der Waals surface area contributed by atoms with Crippen molar-refractivity contribution in [1.82, 2.24) is 20.1 Å². The van der Waals surface area contributed by atoms with Gasteiger partial charge in [-0.05, 0) is 92.7 Å². The highest BCUT2D eigenvalue weighted by molar-refractivity contribution is 7.92. The second kappa shape index (κ2) is 19.2. The van der Waals surface area contributed by atoms with Crippen LogP contribution in [0.1, 0.15) is 59.1 Å². The van der Waals surface area contributed by atoms with Crippen molar-refractivity contribution in [3.63, 3.8) is 0 Å². The molecule has 4 aliphatic rings. The number of hydrogen-bond acceptors (Lipinski definition) is 11. The molecule has 4 N–H and O–H groups in total. The van der Waals surface area contributed by atoms with Crippen LogP contribution in [-0.4, -0.2) is 117 Å². The van der Waals surface area contributed by atoms with Crippen LogP contribution < -0.4 is 16.4 Å². The number of nitrogens with zero attached hydrogens (tertiary/aromatic N) is 3. The van der Waals surface area contributed by atoms with Gasteiger partial charge in [0.25, 0.3) is 0 Å². The quantitative estimate of drug-likeness (QED) is 0.265. The number of sulfone groups is 2. The molecule has 5 heterocycles. The molecule has 19 heteroatoms. The van der Waals surface area contributed by atoms with Crippen LogP contribution in [0.25, 0.3) is 0 Å². The fourth-order valence-electron chi connectivity index (χ4n) is 8.68. The van der Waals surface area contributed by atoms with E-state index < -0.39 is 49.6 Å². The normalized spacial score (nSPS) is 25.8. The summed E-state index contributed by atoms with van der Waals surface area (Å²) in [6.45, 7) is 5.35. The van der Waals surface area contributed by atoms with Crippen molar-refractivity contribution in [2.24, 2.45) is 29.4 Å². The molecule has 14 nitrogen and oxygen atoms in total. The first kappa shape index (κ1) is 45.2. The second-order valence-electron chi connectivity index (χ2n) is 16.5. The Morgan fingerprint density at radius 2 is 1.25 bits per heavy atom. The minimum Gasteiger partial charge on any atom is -0.342 e. The van der Waals surface area contributed by atoms with Gasteiger partial charge in [0.1, 0.15) is 11.6 Å². The van der Waals surface area contributed by atoms with Crippen LogP contribution in [0, 0.1) is 42.2 Å². The summed E-state index contributed by atoms with van der Waals surface area (Å²) in [7, 11) is -6.71. The standard InChI is InChI=1S/C24H29FN4O5S2.C17H23FN2O3S/c1-14-21(15(2)30)35-24(26-14)28-23(32)27-20-13-36(33,34)12-19(20)22(31)29-9-3-4-17(11-29)10-16-5-7-18(25)8-6-16;18-14-5-3-12(4-6-14)8-13-2-1-7-20(9-13)17(21)15-10-24(22,23)11-16(15)19/h5-8,17,19-20H,3-4,9-13H2,1-2H3,(H2,26,27,28,32);3-6,13,15-16H,1-2,7-11,19H2/t17-,19-,20-;13-,15+,16+/m00/s1. The first-order chi connectivity index (χ1) is 28.3. The fourth-order valence-corrected chi connectivity index (χ4v) is 13.4. The molecule has 4 aliphatic heterocycles. The molecule has 4 fully saturated rings. The van der Waals surface area contributed by atoms with E-state index in [1.54, 1.807) is 41.0 Å². The van der Waals surface area contributed by atoms with Gasteiger partial charge < -0.3 is 20.9 Å². The van der Waals surface area contributed by atoms with Gasteiger partial charge in [-0.1, -0.05) is 35.6 Å². The zero-order valence-electron chi connectivity index (χ0n) is 33.6. The summed E-state index contributed by atoms with van der Waals surface area (Å²) in [6.07, 6.45) is 5.11. The van der Waals surface area contributed by atoms with Crippen molar-refractivity contribution >= 4 is 59.8 Å². The highest BCUT2D eigenvalue weighted by atomic mass is 32.2. The molecule has 3 aromatic rings. The van der Waals surface area contributed by atoms with Gasteiger partial charge in [-0.2, -0.15) is 0 Å². The number of benzene rings is 2. The van der Waals surface area contributed by atoms with E-state index in [1.807, 2.05) is 0 Å². The van der Waals surface area contributed by atoms with Crippen LogP contribution in [0.4, 0.5) is 18.7 Å². The smallest absolute Gasteiger partial charge is 0.321 e. The monoisotopic (exact) mass is 890 g/mol. The van der Waals surface area contributed by atoms with Gasteiger partial charge >= 0.3 is 6.03 Å². The van der Waals surface area contributed by atoms with Crippen LogP contribution in [-0.2, 0) is 42.1 Å². The predicted molar refractivity (Wildman–Crippen MR) is 224 cm³/mol. The number of amides is 4.